The van der Waals surface area contributed by atoms with E-state index in [0.717, 1.165) is 22.4 Å². The summed E-state index contributed by atoms with van der Waals surface area (Å²) in [5.74, 6) is 1.21. The summed E-state index contributed by atoms with van der Waals surface area (Å²) in [5.41, 5.74) is 9.21. The van der Waals surface area contributed by atoms with Gasteiger partial charge >= 0.3 is 0 Å². The molecule has 8 aromatic heterocycles. The van der Waals surface area contributed by atoms with E-state index in [2.05, 4.69) is 57.8 Å². The first-order valence-corrected chi connectivity index (χ1v) is 21.6. The quantitative estimate of drug-likeness (QED) is 0.150. The van der Waals surface area contributed by atoms with Crippen LogP contribution in [0.4, 0.5) is 0 Å². The molecule has 0 saturated carbocycles. The Balaban J connectivity index is 0.000000140. The average molecular weight is 905 g/mol. The van der Waals surface area contributed by atoms with Gasteiger partial charge < -0.3 is 22.5 Å². The molecule has 0 bridgehead atoms. The molecule has 0 unspecified atom stereocenters. The number of aryl methyl sites for hydroxylation is 3. The maximum absolute atomic E-state index is 13.0. The fourth-order valence-corrected chi connectivity index (χ4v) is 8.69. The molecular weight excluding hydrogens is 861 g/mol. The molecule has 0 N–H and O–H groups in total. The molecule has 68 heavy (non-hydrogen) atoms. The lowest BCUT2D eigenvalue weighted by molar-refractivity contribution is 0.572. The van der Waals surface area contributed by atoms with E-state index >= 15 is 0 Å². The van der Waals surface area contributed by atoms with Crippen LogP contribution >= 0.6 is 0 Å². The number of aromatic nitrogens is 9. The van der Waals surface area contributed by atoms with Gasteiger partial charge in [-0.05, 0) is 65.8 Å². The molecule has 8 heterocycles. The zero-order valence-electron chi connectivity index (χ0n) is 38.3. The molecule has 0 aliphatic carbocycles. The van der Waals surface area contributed by atoms with Gasteiger partial charge in [0.1, 0.15) is 34.9 Å². The molecule has 0 spiro atoms. The Kier molecular flexibility index (Phi) is 12.4. The first kappa shape index (κ1) is 45.3. The summed E-state index contributed by atoms with van der Waals surface area (Å²) in [5, 5.41) is 39.9. The number of rotatable bonds is 7. The fourth-order valence-electron chi connectivity index (χ4n) is 8.69. The van der Waals surface area contributed by atoms with Crippen LogP contribution in [0.15, 0.2) is 133 Å². The molecule has 2 aromatic carbocycles. The predicted octanol–water partition coefficient (Wildman–Crippen LogP) is 7.82. The Bertz CT molecular complexity index is 3820. The normalized spacial score (nSPS) is 11.0. The van der Waals surface area contributed by atoms with Gasteiger partial charge in [0, 0.05) is 37.8 Å². The Labute approximate surface area is 388 Å². The fraction of sp³-hybridized carbons (Fsp3) is 0.196. The number of nitriles is 3. The van der Waals surface area contributed by atoms with E-state index in [-0.39, 0.29) is 22.6 Å². The summed E-state index contributed by atoms with van der Waals surface area (Å²) in [6.07, 6.45) is 8.52. The zero-order chi connectivity index (χ0) is 48.4. The number of nitrogens with zero attached hydrogens (tertiary/aromatic N) is 12. The minimum absolute atomic E-state index is 0.00272. The summed E-state index contributed by atoms with van der Waals surface area (Å²) in [7, 11) is 5.48. The van der Waals surface area contributed by atoms with Crippen molar-refractivity contribution in [3.63, 3.8) is 0 Å². The second kappa shape index (κ2) is 18.7. The molecule has 10 aromatic rings. The van der Waals surface area contributed by atoms with Crippen LogP contribution in [0.25, 0.3) is 62.2 Å². The lowest BCUT2D eigenvalue weighted by atomic mass is 9.99. The maximum atomic E-state index is 13.0. The van der Waals surface area contributed by atoms with Crippen LogP contribution in [0.3, 0.4) is 0 Å². The van der Waals surface area contributed by atoms with Gasteiger partial charge in [0.05, 0.1) is 48.2 Å². The van der Waals surface area contributed by atoms with Crippen LogP contribution in [-0.2, 0) is 34.0 Å². The highest BCUT2D eigenvalue weighted by atomic mass is 16.3. The molecular formula is C51H44N12O5. The van der Waals surface area contributed by atoms with Crippen LogP contribution in [0.2, 0.25) is 0 Å². The van der Waals surface area contributed by atoms with Crippen molar-refractivity contribution in [1.29, 1.82) is 15.8 Å². The van der Waals surface area contributed by atoms with E-state index in [9.17, 15) is 24.9 Å². The Morgan fingerprint density at radius 1 is 0.529 bits per heavy atom. The molecule has 0 atom stereocenters. The number of hydrogen-bond acceptors (Lipinski definition) is 11. The summed E-state index contributed by atoms with van der Waals surface area (Å²) in [4.78, 5) is 38.2. The minimum atomic E-state index is -0.217. The second-order valence-corrected chi connectivity index (χ2v) is 16.0. The van der Waals surface area contributed by atoms with Gasteiger partial charge in [-0.2, -0.15) is 44.6 Å². The van der Waals surface area contributed by atoms with Gasteiger partial charge in [0.25, 0.3) is 16.7 Å². The molecule has 0 fully saturated rings. The van der Waals surface area contributed by atoms with Gasteiger partial charge in [-0.15, -0.1) is 0 Å². The van der Waals surface area contributed by atoms with Crippen molar-refractivity contribution in [2.75, 3.05) is 0 Å². The number of furan rings is 2. The van der Waals surface area contributed by atoms with Gasteiger partial charge in [-0.3, -0.25) is 14.4 Å². The Morgan fingerprint density at radius 2 is 0.956 bits per heavy atom. The highest BCUT2D eigenvalue weighted by Crippen LogP contribution is 2.31. The molecule has 10 rings (SSSR count). The van der Waals surface area contributed by atoms with E-state index in [4.69, 9.17) is 14.1 Å². The van der Waals surface area contributed by atoms with E-state index < -0.39 is 0 Å². The maximum Gasteiger partial charge on any atom is 0.278 e. The molecule has 0 aliphatic rings. The lowest BCUT2D eigenvalue weighted by Crippen LogP contribution is -2.25. The zero-order valence-corrected chi connectivity index (χ0v) is 38.3. The van der Waals surface area contributed by atoms with Crippen LogP contribution in [0, 0.1) is 34.0 Å². The van der Waals surface area contributed by atoms with E-state index in [1.54, 1.807) is 60.0 Å². The highest BCUT2D eigenvalue weighted by molar-refractivity contribution is 5.75. The van der Waals surface area contributed by atoms with Gasteiger partial charge in [-0.25, -0.2) is 0 Å². The molecule has 0 radical (unpaired) electrons. The third-order valence-corrected chi connectivity index (χ3v) is 11.7. The molecule has 0 aliphatic heterocycles. The van der Waals surface area contributed by atoms with Crippen molar-refractivity contribution in [1.82, 2.24) is 42.5 Å². The minimum Gasteiger partial charge on any atom is -0.463 e. The SMILES string of the molecule is CC(C)c1c(-c2ccco2)n(C)c2c(C#N)cnn2c1=O.CCc1c(-c2cccc(-c3ccccc3)c2)n(C)c2c(C#N)cnn2c1=O.CCc1c(-c2ccco2)n(C)c2c(C#N)cnn2c1=O. The van der Waals surface area contributed by atoms with E-state index in [1.807, 2.05) is 69.6 Å². The predicted molar refractivity (Wildman–Crippen MR) is 255 cm³/mol. The van der Waals surface area contributed by atoms with Crippen molar-refractivity contribution >= 4 is 16.9 Å². The van der Waals surface area contributed by atoms with Crippen molar-refractivity contribution in [2.24, 2.45) is 21.1 Å². The summed E-state index contributed by atoms with van der Waals surface area (Å²) < 4.78 is 20.2. The van der Waals surface area contributed by atoms with Gasteiger partial charge in [0.15, 0.2) is 28.5 Å². The van der Waals surface area contributed by atoms with Gasteiger partial charge in [0.2, 0.25) is 0 Å². The largest absolute Gasteiger partial charge is 0.463 e. The molecule has 0 amide bonds. The van der Waals surface area contributed by atoms with Crippen LogP contribution in [0.5, 0.6) is 0 Å². The topological polar surface area (TPSA) is 216 Å². The van der Waals surface area contributed by atoms with Crippen molar-refractivity contribution < 1.29 is 8.83 Å². The number of hydrogen-bond donors (Lipinski definition) is 0. The number of fused-ring (bicyclic) bond motifs is 3. The van der Waals surface area contributed by atoms with Crippen molar-refractivity contribution in [2.45, 2.75) is 46.5 Å². The van der Waals surface area contributed by atoms with Crippen LogP contribution in [-0.4, -0.2) is 42.5 Å². The van der Waals surface area contributed by atoms with E-state index in [0.29, 0.717) is 86.1 Å². The third-order valence-electron chi connectivity index (χ3n) is 11.7. The summed E-state index contributed by atoms with van der Waals surface area (Å²) >= 11 is 0. The third kappa shape index (κ3) is 7.65. The first-order chi connectivity index (χ1) is 32.9. The second-order valence-electron chi connectivity index (χ2n) is 16.0. The summed E-state index contributed by atoms with van der Waals surface area (Å²) in [6.45, 7) is 7.76. The van der Waals surface area contributed by atoms with Gasteiger partial charge in [-0.1, -0.05) is 76.2 Å². The highest BCUT2D eigenvalue weighted by Gasteiger charge is 2.24. The van der Waals surface area contributed by atoms with Crippen LogP contribution in [0.1, 0.15) is 67.0 Å². The monoisotopic (exact) mass is 904 g/mol. The molecule has 17 heteroatoms. The molecule has 338 valence electrons. The number of benzene rings is 2. The average Bonchev–Trinajstić information content (AvgIpc) is 4.23. The Morgan fingerprint density at radius 3 is 1.41 bits per heavy atom. The summed E-state index contributed by atoms with van der Waals surface area (Å²) in [6, 6.07) is 31.7. The van der Waals surface area contributed by atoms with Crippen molar-refractivity contribution in [3.8, 4) is 63.5 Å². The lowest BCUT2D eigenvalue weighted by Gasteiger charge is -2.16. The molecule has 17 nitrogen and oxygen atoms in total. The van der Waals surface area contributed by atoms with E-state index in [1.165, 1.54) is 32.1 Å². The van der Waals surface area contributed by atoms with Crippen molar-refractivity contribution in [3.05, 3.63) is 174 Å². The molecule has 0 saturated heterocycles. The first-order valence-electron chi connectivity index (χ1n) is 21.6. The standard InChI is InChI=1S/C22H18N4O.C15H14N4O2.C14H12N4O2/c1-3-19-20(25(2)21-18(13-23)14-24-26(21)22(19)27)17-11-7-10-16(12-17)15-8-5-4-6-9-15;1-9(2)12-13(11-5-4-6-21-11)18(3)14-10(7-16)8-17-19(14)15(12)20;1-3-10-12(11-5-4-6-20-11)17(2)13-9(7-15)8-16-18(13)14(10)19/h4-12,14H,3H2,1-2H3;4-6,8-9H,1-3H3;4-6,8H,3H2,1-2H3. The smallest absolute Gasteiger partial charge is 0.278 e. The Hall–Kier alpha value is -9.27. The van der Waals surface area contributed by atoms with Crippen LogP contribution < -0.4 is 16.7 Å².